The van der Waals surface area contributed by atoms with Crippen molar-refractivity contribution in [2.75, 3.05) is 10.6 Å². The molecule has 0 saturated heterocycles. The normalized spacial score (nSPS) is 14.9. The average Bonchev–Trinajstić information content (AvgIpc) is 3.00. The molecule has 1 aliphatic heterocycles. The van der Waals surface area contributed by atoms with Crippen molar-refractivity contribution in [1.82, 2.24) is 14.9 Å². The van der Waals surface area contributed by atoms with E-state index in [-0.39, 0.29) is 35.5 Å². The van der Waals surface area contributed by atoms with Crippen LogP contribution < -0.4 is 10.6 Å². The molecule has 0 spiro atoms. The number of nitrogens with zero attached hydrogens (tertiary/aromatic N) is 3. The van der Waals surface area contributed by atoms with Gasteiger partial charge in [-0.2, -0.15) is 0 Å². The molecule has 1 aliphatic rings. The minimum Gasteiger partial charge on any atom is -0.323 e. The molecule has 38 heavy (non-hydrogen) atoms. The number of carbonyl (C=O) groups excluding carboxylic acids is 3. The molecule has 190 valence electrons. The van der Waals surface area contributed by atoms with Crippen LogP contribution in [0, 0.1) is 0 Å². The Morgan fingerprint density at radius 2 is 1.74 bits per heavy atom. The minimum absolute atomic E-state index is 0.121. The highest BCUT2D eigenvalue weighted by atomic mass is 35.5. The summed E-state index contributed by atoms with van der Waals surface area (Å²) >= 11 is 12.2. The summed E-state index contributed by atoms with van der Waals surface area (Å²) in [5.74, 6) is -1.08. The second-order valence-corrected chi connectivity index (χ2v) is 9.48. The number of amides is 3. The fourth-order valence-corrected chi connectivity index (χ4v) is 4.57. The van der Waals surface area contributed by atoms with Crippen molar-refractivity contribution in [3.8, 4) is 0 Å². The van der Waals surface area contributed by atoms with E-state index in [1.807, 2.05) is 12.1 Å². The van der Waals surface area contributed by atoms with Gasteiger partial charge in [0.2, 0.25) is 5.91 Å². The van der Waals surface area contributed by atoms with Crippen molar-refractivity contribution in [1.29, 1.82) is 0 Å². The zero-order valence-electron chi connectivity index (χ0n) is 19.9. The molecule has 0 fully saturated rings. The summed E-state index contributed by atoms with van der Waals surface area (Å²) in [6.45, 7) is 0.159. The first kappa shape index (κ1) is 25.4. The van der Waals surface area contributed by atoms with Gasteiger partial charge >= 0.3 is 0 Å². The lowest BCUT2D eigenvalue weighted by Gasteiger charge is -2.29. The highest BCUT2D eigenvalue weighted by Gasteiger charge is 2.36. The van der Waals surface area contributed by atoms with Gasteiger partial charge in [0, 0.05) is 41.8 Å². The molecule has 0 saturated carbocycles. The number of rotatable bonds is 6. The Balaban J connectivity index is 1.41. The molecule has 2 aromatic heterocycles. The van der Waals surface area contributed by atoms with Crippen molar-refractivity contribution in [3.05, 3.63) is 118 Å². The van der Waals surface area contributed by atoms with Crippen molar-refractivity contribution < 1.29 is 14.4 Å². The number of halogens is 2. The molecule has 0 bridgehead atoms. The van der Waals surface area contributed by atoms with Crippen LogP contribution in [0.25, 0.3) is 0 Å². The standard InChI is InChI=1S/C28H21Cl2N5O3/c29-18-8-11-21-23(14-18)34-26(36)24(15-20-4-1-2-12-31-20)35(28(21)38)16-17-6-9-19(10-7-17)33-27(37)25-22(30)5-3-13-32-25/h1-14,24H,15-16H2,(H,33,37)(H,34,36)/t24-/m1/s1. The summed E-state index contributed by atoms with van der Waals surface area (Å²) < 4.78 is 0. The predicted molar refractivity (Wildman–Crippen MR) is 145 cm³/mol. The second kappa shape index (κ2) is 11.0. The van der Waals surface area contributed by atoms with Crippen LogP contribution in [0.4, 0.5) is 11.4 Å². The number of aromatic nitrogens is 2. The molecule has 4 aromatic rings. The highest BCUT2D eigenvalue weighted by Crippen LogP contribution is 2.29. The Morgan fingerprint density at radius 1 is 0.947 bits per heavy atom. The maximum absolute atomic E-state index is 13.7. The van der Waals surface area contributed by atoms with Crippen LogP contribution in [0.2, 0.25) is 10.0 Å². The summed E-state index contributed by atoms with van der Waals surface area (Å²) in [4.78, 5) is 49.5. The van der Waals surface area contributed by atoms with Crippen LogP contribution in [-0.2, 0) is 17.8 Å². The summed E-state index contributed by atoms with van der Waals surface area (Å²) in [6, 6.07) is 19.7. The molecule has 0 radical (unpaired) electrons. The SMILES string of the molecule is O=C(Nc1ccc(CN2C(=O)c3ccc(Cl)cc3NC(=O)[C@H]2Cc2ccccn2)cc1)c1ncccc1Cl. The molecule has 3 heterocycles. The summed E-state index contributed by atoms with van der Waals surface area (Å²) in [5, 5.41) is 6.28. The first-order chi connectivity index (χ1) is 18.4. The average molecular weight is 546 g/mol. The molecule has 3 amide bonds. The van der Waals surface area contributed by atoms with E-state index in [1.54, 1.807) is 66.9 Å². The van der Waals surface area contributed by atoms with Crippen molar-refractivity contribution in [2.45, 2.75) is 19.0 Å². The number of pyridine rings is 2. The smallest absolute Gasteiger partial charge is 0.275 e. The number of hydrogen-bond donors (Lipinski definition) is 2. The Kier molecular flexibility index (Phi) is 7.35. The molecule has 0 unspecified atom stereocenters. The second-order valence-electron chi connectivity index (χ2n) is 8.64. The van der Waals surface area contributed by atoms with Gasteiger partial charge in [0.25, 0.3) is 11.8 Å². The Labute approximate surface area is 228 Å². The Morgan fingerprint density at radius 3 is 2.47 bits per heavy atom. The van der Waals surface area contributed by atoms with E-state index in [0.29, 0.717) is 27.7 Å². The first-order valence-corrected chi connectivity index (χ1v) is 12.5. The topological polar surface area (TPSA) is 104 Å². The van der Waals surface area contributed by atoms with Gasteiger partial charge in [-0.05, 0) is 60.2 Å². The van der Waals surface area contributed by atoms with E-state index in [4.69, 9.17) is 23.2 Å². The molecule has 1 atom stereocenters. The summed E-state index contributed by atoms with van der Waals surface area (Å²) in [5.41, 5.74) is 2.82. The maximum Gasteiger partial charge on any atom is 0.275 e. The molecule has 2 N–H and O–H groups in total. The third kappa shape index (κ3) is 5.51. The van der Waals surface area contributed by atoms with E-state index in [0.717, 1.165) is 5.56 Å². The van der Waals surface area contributed by atoms with Gasteiger partial charge in [0.15, 0.2) is 0 Å². The molecular weight excluding hydrogens is 525 g/mol. The third-order valence-corrected chi connectivity index (χ3v) is 6.62. The number of anilines is 2. The number of fused-ring (bicyclic) bond motifs is 1. The van der Waals surface area contributed by atoms with Crippen LogP contribution in [0.1, 0.15) is 32.1 Å². The van der Waals surface area contributed by atoms with Gasteiger partial charge in [-0.15, -0.1) is 0 Å². The first-order valence-electron chi connectivity index (χ1n) is 11.7. The minimum atomic E-state index is -0.811. The lowest BCUT2D eigenvalue weighted by atomic mass is 10.1. The van der Waals surface area contributed by atoms with Crippen molar-refractivity contribution in [3.63, 3.8) is 0 Å². The molecular formula is C28H21Cl2N5O3. The molecule has 0 aliphatic carbocycles. The van der Waals surface area contributed by atoms with Crippen molar-refractivity contribution >= 4 is 52.3 Å². The monoisotopic (exact) mass is 545 g/mol. The number of hydrogen-bond acceptors (Lipinski definition) is 5. The van der Waals surface area contributed by atoms with E-state index >= 15 is 0 Å². The summed E-state index contributed by atoms with van der Waals surface area (Å²) in [7, 11) is 0. The molecule has 8 nitrogen and oxygen atoms in total. The van der Waals surface area contributed by atoms with E-state index in [9.17, 15) is 14.4 Å². The fraction of sp³-hybridized carbons (Fsp3) is 0.107. The third-order valence-electron chi connectivity index (χ3n) is 6.08. The highest BCUT2D eigenvalue weighted by molar-refractivity contribution is 6.34. The van der Waals surface area contributed by atoms with Gasteiger partial charge in [0.1, 0.15) is 11.7 Å². The number of carbonyl (C=O) groups is 3. The Hall–Kier alpha value is -4.27. The molecule has 10 heteroatoms. The van der Waals surface area contributed by atoms with Gasteiger partial charge in [-0.3, -0.25) is 19.4 Å². The Bertz CT molecular complexity index is 1510. The van der Waals surface area contributed by atoms with E-state index in [2.05, 4.69) is 20.6 Å². The van der Waals surface area contributed by atoms with Crippen LogP contribution >= 0.6 is 23.2 Å². The van der Waals surface area contributed by atoms with Crippen LogP contribution in [0.5, 0.6) is 0 Å². The number of nitrogens with one attached hydrogen (secondary N) is 2. The fourth-order valence-electron chi connectivity index (χ4n) is 4.20. The van der Waals surface area contributed by atoms with E-state index in [1.165, 1.54) is 11.1 Å². The van der Waals surface area contributed by atoms with Crippen LogP contribution in [0.3, 0.4) is 0 Å². The largest absolute Gasteiger partial charge is 0.323 e. The summed E-state index contributed by atoms with van der Waals surface area (Å²) in [6.07, 6.45) is 3.38. The maximum atomic E-state index is 13.7. The molecule has 2 aromatic carbocycles. The zero-order valence-corrected chi connectivity index (χ0v) is 21.4. The van der Waals surface area contributed by atoms with Crippen molar-refractivity contribution in [2.24, 2.45) is 0 Å². The van der Waals surface area contributed by atoms with E-state index < -0.39 is 11.9 Å². The quantitative estimate of drug-likeness (QED) is 0.344. The zero-order chi connectivity index (χ0) is 26.6. The lowest BCUT2D eigenvalue weighted by Crippen LogP contribution is -2.46. The number of benzene rings is 2. The lowest BCUT2D eigenvalue weighted by molar-refractivity contribution is -0.120. The predicted octanol–water partition coefficient (Wildman–Crippen LogP) is 5.24. The molecule has 5 rings (SSSR count). The van der Waals surface area contributed by atoms with Gasteiger partial charge < -0.3 is 15.5 Å². The van der Waals surface area contributed by atoms with Gasteiger partial charge in [0.05, 0.1) is 16.3 Å². The van der Waals surface area contributed by atoms with Gasteiger partial charge in [-0.1, -0.05) is 41.4 Å². The van der Waals surface area contributed by atoms with Gasteiger partial charge in [-0.25, -0.2) is 4.98 Å². The van der Waals surface area contributed by atoms with Crippen LogP contribution in [-0.4, -0.2) is 38.6 Å². The van der Waals surface area contributed by atoms with Crippen LogP contribution in [0.15, 0.2) is 85.2 Å².